The number of nitrogens with zero attached hydrogens (tertiary/aromatic N) is 1. The van der Waals surface area contributed by atoms with Crippen LogP contribution in [0.3, 0.4) is 0 Å². The third kappa shape index (κ3) is 4.44. The summed E-state index contributed by atoms with van der Waals surface area (Å²) in [4.78, 5) is 29.6. The van der Waals surface area contributed by atoms with E-state index in [0.29, 0.717) is 18.4 Å². The third-order valence-corrected chi connectivity index (χ3v) is 8.09. The highest BCUT2D eigenvalue weighted by Crippen LogP contribution is 2.49. The van der Waals surface area contributed by atoms with Gasteiger partial charge in [0.2, 0.25) is 5.91 Å². The predicted octanol–water partition coefficient (Wildman–Crippen LogP) is 7.43. The second-order valence-electron chi connectivity index (χ2n) is 11.9. The van der Waals surface area contributed by atoms with Crippen molar-refractivity contribution >= 4 is 23.1 Å². The molecule has 0 saturated heterocycles. The fourth-order valence-electron chi connectivity index (χ4n) is 5.81. The van der Waals surface area contributed by atoms with Gasteiger partial charge in [-0.2, -0.15) is 0 Å². The van der Waals surface area contributed by atoms with Crippen molar-refractivity contribution < 1.29 is 14.0 Å². The number of Topliss-reactive ketones (excluding diaryl/α,β-unsaturated/α-hetero) is 1. The second-order valence-corrected chi connectivity index (χ2v) is 11.9. The standard InChI is InChI=1S/C33H33FN2O2/c1-33(2,3)24-14-10-20(11-15-24)23-18-27-30(29(37)19-23)31(21-12-16-25(34)17-13-21)36(32(38)22-8-9-22)28-7-5-4-6-26(28)35-27/h4-7,10-17,22-23,31,35H,8-9,18-19H2,1-3H3/t23-,31-/m1/s1. The van der Waals surface area contributed by atoms with Crippen LogP contribution in [0.2, 0.25) is 0 Å². The molecule has 194 valence electrons. The van der Waals surface area contributed by atoms with E-state index in [0.717, 1.165) is 41.0 Å². The summed E-state index contributed by atoms with van der Waals surface area (Å²) in [6.45, 7) is 6.58. The first-order valence-corrected chi connectivity index (χ1v) is 13.5. The highest BCUT2D eigenvalue weighted by atomic mass is 19.1. The number of carbonyl (C=O) groups excluding carboxylic acids is 2. The summed E-state index contributed by atoms with van der Waals surface area (Å²) in [5.74, 6) is -0.297. The second kappa shape index (κ2) is 9.23. The number of amides is 1. The monoisotopic (exact) mass is 508 g/mol. The van der Waals surface area contributed by atoms with Crippen LogP contribution in [0.1, 0.15) is 75.1 Å². The first-order valence-electron chi connectivity index (χ1n) is 13.5. The minimum Gasteiger partial charge on any atom is -0.357 e. The largest absolute Gasteiger partial charge is 0.357 e. The van der Waals surface area contributed by atoms with Gasteiger partial charge in [-0.05, 0) is 71.6 Å². The van der Waals surface area contributed by atoms with Gasteiger partial charge in [-0.1, -0.05) is 69.3 Å². The first kappa shape index (κ1) is 24.6. The van der Waals surface area contributed by atoms with Gasteiger partial charge in [0.15, 0.2) is 5.78 Å². The summed E-state index contributed by atoms with van der Waals surface area (Å²) >= 11 is 0. The number of carbonyl (C=O) groups is 2. The van der Waals surface area contributed by atoms with Crippen molar-refractivity contribution in [1.29, 1.82) is 0 Å². The number of fused-ring (bicyclic) bond motifs is 1. The lowest BCUT2D eigenvalue weighted by atomic mass is 9.77. The molecule has 5 heteroatoms. The molecule has 6 rings (SSSR count). The van der Waals surface area contributed by atoms with Crippen LogP contribution in [0.5, 0.6) is 0 Å². The number of hydrogen-bond acceptors (Lipinski definition) is 3. The number of benzene rings is 3. The Morgan fingerprint density at radius 3 is 2.21 bits per heavy atom. The zero-order valence-electron chi connectivity index (χ0n) is 22.1. The van der Waals surface area contributed by atoms with E-state index >= 15 is 0 Å². The van der Waals surface area contributed by atoms with Crippen LogP contribution < -0.4 is 10.2 Å². The molecule has 3 aromatic rings. The van der Waals surface area contributed by atoms with Crippen molar-refractivity contribution in [2.24, 2.45) is 5.92 Å². The van der Waals surface area contributed by atoms with Gasteiger partial charge >= 0.3 is 0 Å². The average Bonchev–Trinajstić information content (AvgIpc) is 3.75. The Hall–Kier alpha value is -3.73. The Morgan fingerprint density at radius 2 is 1.55 bits per heavy atom. The zero-order valence-corrected chi connectivity index (χ0v) is 22.1. The van der Waals surface area contributed by atoms with Crippen molar-refractivity contribution in [2.45, 2.75) is 63.8 Å². The summed E-state index contributed by atoms with van der Waals surface area (Å²) in [6.07, 6.45) is 2.74. The van der Waals surface area contributed by atoms with Crippen molar-refractivity contribution in [3.8, 4) is 0 Å². The molecular formula is C33H33FN2O2. The van der Waals surface area contributed by atoms with Gasteiger partial charge in [0.25, 0.3) is 0 Å². The van der Waals surface area contributed by atoms with E-state index in [9.17, 15) is 14.0 Å². The lowest BCUT2D eigenvalue weighted by molar-refractivity contribution is -0.120. The van der Waals surface area contributed by atoms with E-state index in [1.807, 2.05) is 24.3 Å². The van der Waals surface area contributed by atoms with Crippen LogP contribution in [-0.2, 0) is 15.0 Å². The van der Waals surface area contributed by atoms with Gasteiger partial charge in [-0.25, -0.2) is 4.39 Å². The summed E-state index contributed by atoms with van der Waals surface area (Å²) in [5.41, 5.74) is 6.23. The average molecular weight is 509 g/mol. The molecule has 1 saturated carbocycles. The van der Waals surface area contributed by atoms with E-state index in [1.165, 1.54) is 17.7 Å². The molecule has 0 spiro atoms. The van der Waals surface area contributed by atoms with E-state index in [1.54, 1.807) is 17.0 Å². The molecule has 0 radical (unpaired) electrons. The number of anilines is 2. The molecule has 1 amide bonds. The Bertz CT molecular complexity index is 1430. The molecule has 0 unspecified atom stereocenters. The summed E-state index contributed by atoms with van der Waals surface area (Å²) in [7, 11) is 0. The number of allylic oxidation sites excluding steroid dienone is 1. The maximum Gasteiger partial charge on any atom is 0.231 e. The minimum absolute atomic E-state index is 0.0232. The maximum atomic E-state index is 14.0. The molecular weight excluding hydrogens is 475 g/mol. The number of para-hydroxylation sites is 2. The minimum atomic E-state index is -0.605. The van der Waals surface area contributed by atoms with Crippen LogP contribution in [-0.4, -0.2) is 11.7 Å². The zero-order chi connectivity index (χ0) is 26.6. The Balaban J connectivity index is 1.47. The van der Waals surface area contributed by atoms with Crippen LogP contribution in [0.15, 0.2) is 84.1 Å². The third-order valence-electron chi connectivity index (χ3n) is 8.09. The fraction of sp³-hybridized carbons (Fsp3) is 0.333. The summed E-state index contributed by atoms with van der Waals surface area (Å²) in [6, 6.07) is 22.0. The lowest BCUT2D eigenvalue weighted by Crippen LogP contribution is -2.39. The molecule has 2 aliphatic carbocycles. The number of hydrogen-bond donors (Lipinski definition) is 1. The van der Waals surface area contributed by atoms with Crippen molar-refractivity contribution in [3.63, 3.8) is 0 Å². The van der Waals surface area contributed by atoms with Gasteiger partial charge in [-0.3, -0.25) is 14.5 Å². The van der Waals surface area contributed by atoms with Gasteiger partial charge in [0.1, 0.15) is 5.82 Å². The topological polar surface area (TPSA) is 49.4 Å². The molecule has 4 nitrogen and oxygen atoms in total. The summed E-state index contributed by atoms with van der Waals surface area (Å²) < 4.78 is 13.9. The molecule has 1 heterocycles. The van der Waals surface area contributed by atoms with Crippen LogP contribution >= 0.6 is 0 Å². The van der Waals surface area contributed by atoms with Gasteiger partial charge in [-0.15, -0.1) is 0 Å². The molecule has 38 heavy (non-hydrogen) atoms. The number of halogens is 1. The smallest absolute Gasteiger partial charge is 0.231 e. The normalized spacial score (nSPS) is 21.4. The molecule has 0 aromatic heterocycles. The number of rotatable bonds is 3. The lowest BCUT2D eigenvalue weighted by Gasteiger charge is -2.35. The molecule has 1 N–H and O–H groups in total. The Labute approximate surface area is 223 Å². The number of ketones is 1. The van der Waals surface area contributed by atoms with Crippen molar-refractivity contribution in [1.82, 2.24) is 0 Å². The molecule has 2 atom stereocenters. The van der Waals surface area contributed by atoms with Gasteiger partial charge in [0.05, 0.1) is 17.4 Å². The maximum absolute atomic E-state index is 14.0. The molecule has 3 aromatic carbocycles. The fourth-order valence-corrected chi connectivity index (χ4v) is 5.81. The van der Waals surface area contributed by atoms with Gasteiger partial charge in [0, 0.05) is 23.6 Å². The Morgan fingerprint density at radius 1 is 0.895 bits per heavy atom. The van der Waals surface area contributed by atoms with E-state index in [4.69, 9.17) is 0 Å². The first-order chi connectivity index (χ1) is 18.2. The highest BCUT2D eigenvalue weighted by Gasteiger charge is 2.45. The number of nitrogens with one attached hydrogen (secondary N) is 1. The molecule has 1 aliphatic heterocycles. The van der Waals surface area contributed by atoms with Gasteiger partial charge < -0.3 is 5.32 Å². The quantitative estimate of drug-likeness (QED) is 0.400. The highest BCUT2D eigenvalue weighted by molar-refractivity contribution is 6.07. The van der Waals surface area contributed by atoms with Crippen molar-refractivity contribution in [2.75, 3.05) is 10.2 Å². The molecule has 3 aliphatic rings. The molecule has 1 fully saturated rings. The SMILES string of the molecule is CC(C)(C)c1ccc([C@H]2CC(=O)C3=C(C2)Nc2ccccc2N(C(=O)C2CC2)[C@@H]3c2ccc(F)cc2)cc1. The predicted molar refractivity (Wildman–Crippen MR) is 149 cm³/mol. The van der Waals surface area contributed by atoms with Crippen LogP contribution in [0.4, 0.5) is 15.8 Å². The van der Waals surface area contributed by atoms with Crippen LogP contribution in [0, 0.1) is 11.7 Å². The van der Waals surface area contributed by atoms with E-state index < -0.39 is 6.04 Å². The summed E-state index contributed by atoms with van der Waals surface area (Å²) in [5, 5.41) is 3.57. The van der Waals surface area contributed by atoms with Crippen LogP contribution in [0.25, 0.3) is 0 Å². The van der Waals surface area contributed by atoms with E-state index in [2.05, 4.69) is 50.4 Å². The Kier molecular flexibility index (Phi) is 5.97. The molecule has 0 bridgehead atoms. The van der Waals surface area contributed by atoms with E-state index in [-0.39, 0.29) is 34.8 Å². The van der Waals surface area contributed by atoms with Crippen molar-refractivity contribution in [3.05, 3.63) is 107 Å².